The summed E-state index contributed by atoms with van der Waals surface area (Å²) < 4.78 is 1.01. The van der Waals surface area contributed by atoms with Gasteiger partial charge >= 0.3 is 0 Å². The smallest absolute Gasteiger partial charge is 0.267 e. The van der Waals surface area contributed by atoms with Crippen molar-refractivity contribution in [3.63, 3.8) is 0 Å². The largest absolute Gasteiger partial charge is 0.383 e. The Kier molecular flexibility index (Phi) is 6.87. The van der Waals surface area contributed by atoms with Crippen molar-refractivity contribution in [2.75, 3.05) is 5.32 Å². The molecule has 0 aliphatic heterocycles. The number of nitrogens with two attached hydrogens (primary N) is 1. The van der Waals surface area contributed by atoms with Crippen molar-refractivity contribution in [2.24, 2.45) is 10.7 Å². The Morgan fingerprint density at radius 3 is 2.48 bits per heavy atom. The first-order chi connectivity index (χ1) is 12.3. The number of nitrogens with one attached hydrogen (secondary N) is 1. The molecule has 4 nitrogen and oxygen atoms in total. The second kappa shape index (κ2) is 8.74. The molecule has 0 unspecified atom stereocenters. The summed E-state index contributed by atoms with van der Waals surface area (Å²) in [5.41, 5.74) is 8.61. The highest BCUT2D eigenvalue weighted by molar-refractivity contribution is 7.21. The Labute approximate surface area is 173 Å². The number of anilines is 1. The number of hydrogen-bond donors (Lipinski definition) is 2. The van der Waals surface area contributed by atoms with Crippen molar-refractivity contribution < 1.29 is 4.79 Å². The Morgan fingerprint density at radius 1 is 1.19 bits per heavy atom. The first kappa shape index (κ1) is 21.2. The fourth-order valence-corrected chi connectivity index (χ4v) is 4.09. The maximum atomic E-state index is 12.6. The van der Waals surface area contributed by atoms with E-state index in [9.17, 15) is 4.79 Å². The second-order valence-electron chi connectivity index (χ2n) is 6.38. The summed E-state index contributed by atoms with van der Waals surface area (Å²) in [6, 6.07) is 13.4. The molecule has 3 N–H and O–H groups in total. The number of benzene rings is 2. The molecular weight excluding hydrogens is 401 g/mol. The Morgan fingerprint density at radius 2 is 1.85 bits per heavy atom. The van der Waals surface area contributed by atoms with Crippen molar-refractivity contribution in [1.82, 2.24) is 0 Å². The second-order valence-corrected chi connectivity index (χ2v) is 7.81. The third-order valence-electron chi connectivity index (χ3n) is 3.83. The molecule has 3 aromatic rings. The van der Waals surface area contributed by atoms with E-state index >= 15 is 0 Å². The van der Waals surface area contributed by atoms with Gasteiger partial charge in [0, 0.05) is 27.4 Å². The zero-order chi connectivity index (χ0) is 18.8. The van der Waals surface area contributed by atoms with Gasteiger partial charge in [-0.2, -0.15) is 0 Å². The van der Waals surface area contributed by atoms with Gasteiger partial charge in [-0.25, -0.2) is 0 Å². The van der Waals surface area contributed by atoms with E-state index in [0.717, 1.165) is 21.2 Å². The average Bonchev–Trinajstić information content (AvgIpc) is 2.91. The molecule has 0 aliphatic rings. The molecule has 0 saturated carbocycles. The van der Waals surface area contributed by atoms with Crippen LogP contribution >= 0.6 is 35.3 Å². The summed E-state index contributed by atoms with van der Waals surface area (Å²) in [6.45, 7) is 5.96. The van der Waals surface area contributed by atoms with Crippen LogP contribution in [0.1, 0.15) is 34.6 Å². The van der Waals surface area contributed by atoms with Crippen molar-refractivity contribution in [2.45, 2.75) is 26.8 Å². The molecule has 142 valence electrons. The number of aryl methyl sites for hydroxylation is 1. The predicted molar refractivity (Wildman–Crippen MR) is 119 cm³/mol. The van der Waals surface area contributed by atoms with E-state index in [-0.39, 0.29) is 24.4 Å². The predicted octanol–water partition coefficient (Wildman–Crippen LogP) is 5.65. The minimum absolute atomic E-state index is 0. The highest BCUT2D eigenvalue weighted by atomic mass is 35.5. The number of amides is 1. The molecule has 1 aromatic heterocycles. The zero-order valence-corrected chi connectivity index (χ0v) is 17.6. The van der Waals surface area contributed by atoms with Gasteiger partial charge in [-0.15, -0.1) is 23.7 Å². The molecule has 3 rings (SSSR count). The summed E-state index contributed by atoms with van der Waals surface area (Å²) in [5.74, 6) is 0.270. The normalized spacial score (nSPS) is 11.5. The van der Waals surface area contributed by atoms with Crippen LogP contribution in [0.3, 0.4) is 0 Å². The van der Waals surface area contributed by atoms with Gasteiger partial charge in [-0.1, -0.05) is 23.7 Å². The van der Waals surface area contributed by atoms with Crippen LogP contribution in [0.25, 0.3) is 10.1 Å². The van der Waals surface area contributed by atoms with Crippen molar-refractivity contribution in [3.8, 4) is 0 Å². The van der Waals surface area contributed by atoms with Gasteiger partial charge in [0.2, 0.25) is 0 Å². The van der Waals surface area contributed by atoms with Crippen LogP contribution in [-0.2, 0) is 0 Å². The lowest BCUT2D eigenvalue weighted by atomic mass is 10.2. The minimum atomic E-state index is -0.217. The first-order valence-corrected chi connectivity index (χ1v) is 9.48. The molecule has 2 aromatic carbocycles. The number of amidine groups is 1. The summed E-state index contributed by atoms with van der Waals surface area (Å²) in [5, 5.41) is 4.28. The molecule has 0 saturated heterocycles. The molecule has 0 fully saturated rings. The number of aliphatic imine (C=N–C) groups is 1. The average molecular weight is 422 g/mol. The van der Waals surface area contributed by atoms with E-state index in [0.29, 0.717) is 21.4 Å². The summed E-state index contributed by atoms with van der Waals surface area (Å²) in [7, 11) is 0. The topological polar surface area (TPSA) is 67.5 Å². The number of thiophene rings is 1. The fourth-order valence-electron chi connectivity index (χ4n) is 2.58. The van der Waals surface area contributed by atoms with Crippen molar-refractivity contribution in [3.05, 3.63) is 63.5 Å². The Hall–Kier alpha value is -2.08. The van der Waals surface area contributed by atoms with E-state index in [4.69, 9.17) is 17.3 Å². The van der Waals surface area contributed by atoms with Crippen molar-refractivity contribution >= 4 is 62.9 Å². The number of hydrogen-bond acceptors (Lipinski definition) is 3. The van der Waals surface area contributed by atoms with Gasteiger partial charge in [-0.05, 0) is 56.7 Å². The quantitative estimate of drug-likeness (QED) is 0.421. The van der Waals surface area contributed by atoms with Gasteiger partial charge in [0.05, 0.1) is 5.02 Å². The van der Waals surface area contributed by atoms with E-state index in [2.05, 4.69) is 10.3 Å². The maximum absolute atomic E-state index is 12.6. The number of rotatable bonds is 4. The number of halogens is 2. The number of carbonyl (C=O) groups is 1. The molecule has 0 bridgehead atoms. The standard InChI is InChI=1S/C20H20ClN3OS.ClH/c1-11(2)23-19(22)13-5-7-14(8-6-13)24-20(25)18-17(21)15-9-4-12(3)10-16(15)26-18;/h4-11H,1-3H3,(H2,22,23)(H,24,25);1H. The molecule has 7 heteroatoms. The van der Waals surface area contributed by atoms with E-state index in [1.807, 2.05) is 51.1 Å². The van der Waals surface area contributed by atoms with E-state index in [1.165, 1.54) is 11.3 Å². The molecular formula is C20H21Cl2N3OS. The molecule has 0 radical (unpaired) electrons. The summed E-state index contributed by atoms with van der Waals surface area (Å²) >= 11 is 7.80. The number of nitrogens with zero attached hydrogens (tertiary/aromatic N) is 1. The van der Waals surface area contributed by atoms with Crippen LogP contribution in [0.15, 0.2) is 47.5 Å². The zero-order valence-electron chi connectivity index (χ0n) is 15.2. The molecule has 0 aliphatic carbocycles. The Bertz CT molecular complexity index is 994. The summed E-state index contributed by atoms with van der Waals surface area (Å²) in [4.78, 5) is 17.5. The van der Waals surface area contributed by atoms with Crippen LogP contribution in [0.5, 0.6) is 0 Å². The number of fused-ring (bicyclic) bond motifs is 1. The maximum Gasteiger partial charge on any atom is 0.267 e. The van der Waals surface area contributed by atoms with Crippen LogP contribution in [0, 0.1) is 6.92 Å². The molecule has 27 heavy (non-hydrogen) atoms. The third-order valence-corrected chi connectivity index (χ3v) is 5.48. The summed E-state index contributed by atoms with van der Waals surface area (Å²) in [6.07, 6.45) is 0. The number of carbonyl (C=O) groups excluding carboxylic acids is 1. The van der Waals surface area contributed by atoms with Crippen LogP contribution in [0.2, 0.25) is 5.02 Å². The highest BCUT2D eigenvalue weighted by Crippen LogP contribution is 2.36. The van der Waals surface area contributed by atoms with Gasteiger partial charge in [0.25, 0.3) is 5.91 Å². The van der Waals surface area contributed by atoms with E-state index in [1.54, 1.807) is 12.1 Å². The van der Waals surface area contributed by atoms with Crippen molar-refractivity contribution in [1.29, 1.82) is 0 Å². The molecule has 1 amide bonds. The highest BCUT2D eigenvalue weighted by Gasteiger charge is 2.17. The van der Waals surface area contributed by atoms with Gasteiger partial charge in [-0.3, -0.25) is 9.79 Å². The van der Waals surface area contributed by atoms with E-state index < -0.39 is 0 Å². The lowest BCUT2D eigenvalue weighted by Gasteiger charge is -2.07. The first-order valence-electron chi connectivity index (χ1n) is 8.29. The molecule has 0 spiro atoms. The molecule has 0 atom stereocenters. The Balaban J connectivity index is 0.00000261. The van der Waals surface area contributed by atoms with Gasteiger partial charge in [0.1, 0.15) is 10.7 Å². The van der Waals surface area contributed by atoms with Crippen LogP contribution in [-0.4, -0.2) is 17.8 Å². The SMILES string of the molecule is Cc1ccc2c(Cl)c(C(=O)Nc3ccc(C(N)=NC(C)C)cc3)sc2c1.Cl. The minimum Gasteiger partial charge on any atom is -0.383 e. The van der Waals surface area contributed by atoms with Gasteiger partial charge in [0.15, 0.2) is 0 Å². The van der Waals surface area contributed by atoms with Crippen LogP contribution in [0.4, 0.5) is 5.69 Å². The monoisotopic (exact) mass is 421 g/mol. The lowest BCUT2D eigenvalue weighted by Crippen LogP contribution is -2.16. The van der Waals surface area contributed by atoms with Gasteiger partial charge < -0.3 is 11.1 Å². The third kappa shape index (κ3) is 4.80. The molecule has 1 heterocycles. The fraction of sp³-hybridized carbons (Fsp3) is 0.200. The lowest BCUT2D eigenvalue weighted by molar-refractivity contribution is 0.103. The van der Waals surface area contributed by atoms with Crippen LogP contribution < -0.4 is 11.1 Å².